The van der Waals surface area contributed by atoms with Gasteiger partial charge in [0.15, 0.2) is 0 Å². The fraction of sp³-hybridized carbons (Fsp3) is 0.538. The molecule has 1 aromatic rings. The topological polar surface area (TPSA) is 35.2 Å². The molecule has 4 heteroatoms. The molecule has 2 N–H and O–H groups in total. The molecule has 1 saturated heterocycles. The van der Waals surface area contributed by atoms with Gasteiger partial charge >= 0.3 is 0 Å². The van der Waals surface area contributed by atoms with Crippen molar-refractivity contribution in [3.63, 3.8) is 0 Å². The highest BCUT2D eigenvalue weighted by atomic mass is 79.9. The number of nitrogens with two attached hydrogens (primary N) is 1. The first kappa shape index (κ1) is 13.4. The summed E-state index contributed by atoms with van der Waals surface area (Å²) in [5, 5.41) is 0.975. The average Bonchev–Trinajstić information content (AvgIpc) is 2.27. The molecule has 2 rings (SSSR count). The van der Waals surface area contributed by atoms with E-state index in [0.717, 1.165) is 24.1 Å². The summed E-state index contributed by atoms with van der Waals surface area (Å²) in [6.45, 7) is 3.88. The Morgan fingerprint density at radius 1 is 1.53 bits per heavy atom. The van der Waals surface area contributed by atoms with Crippen molar-refractivity contribution in [2.24, 2.45) is 5.73 Å². The van der Waals surface area contributed by atoms with Crippen LogP contribution in [0.1, 0.15) is 24.2 Å². The Hall–Kier alpha value is -0.0300. The van der Waals surface area contributed by atoms with Gasteiger partial charge in [-0.25, -0.2) is 0 Å². The quantitative estimate of drug-likeness (QED) is 0.905. The summed E-state index contributed by atoms with van der Waals surface area (Å²) >= 11 is 5.48. The second kappa shape index (κ2) is 6.23. The summed E-state index contributed by atoms with van der Waals surface area (Å²) in [5.74, 6) is 0. The van der Waals surface area contributed by atoms with Crippen LogP contribution in [0.25, 0.3) is 0 Å². The first-order valence-corrected chi connectivity index (χ1v) is 7.68. The Morgan fingerprint density at radius 3 is 2.82 bits per heavy atom. The Bertz CT molecular complexity index is 370. The Morgan fingerprint density at radius 2 is 2.29 bits per heavy atom. The van der Waals surface area contributed by atoms with E-state index >= 15 is 0 Å². The molecule has 0 radical (unpaired) electrons. The van der Waals surface area contributed by atoms with E-state index in [1.165, 1.54) is 5.56 Å². The van der Waals surface area contributed by atoms with Crippen LogP contribution in [-0.4, -0.2) is 24.5 Å². The summed E-state index contributed by atoms with van der Waals surface area (Å²) in [5.41, 5.74) is 7.56. The summed E-state index contributed by atoms with van der Waals surface area (Å²) in [7, 11) is 0. The fourth-order valence-corrected chi connectivity index (χ4v) is 3.70. The highest BCUT2D eigenvalue weighted by Crippen LogP contribution is 2.38. The van der Waals surface area contributed by atoms with Crippen molar-refractivity contribution in [2.45, 2.75) is 29.9 Å². The number of benzene rings is 1. The van der Waals surface area contributed by atoms with Crippen LogP contribution in [0.2, 0.25) is 0 Å². The van der Waals surface area contributed by atoms with E-state index in [1.54, 1.807) is 0 Å². The molecule has 0 aliphatic carbocycles. The minimum Gasteiger partial charge on any atom is -0.379 e. The summed E-state index contributed by atoms with van der Waals surface area (Å²) in [6, 6.07) is 8.67. The van der Waals surface area contributed by atoms with Gasteiger partial charge < -0.3 is 10.5 Å². The molecule has 0 spiro atoms. The maximum atomic E-state index is 6.25. The molecule has 2 nitrogen and oxygen atoms in total. The highest BCUT2D eigenvalue weighted by Gasteiger charge is 2.27. The van der Waals surface area contributed by atoms with Gasteiger partial charge in [0.2, 0.25) is 0 Å². The third kappa shape index (κ3) is 3.47. The molecule has 0 saturated carbocycles. The lowest BCUT2D eigenvalue weighted by Crippen LogP contribution is -2.35. The second-order valence-corrected chi connectivity index (χ2v) is 6.71. The number of ether oxygens (including phenoxy) is 1. The van der Waals surface area contributed by atoms with Gasteiger partial charge in [0.05, 0.1) is 18.5 Å². The van der Waals surface area contributed by atoms with Gasteiger partial charge in [-0.3, -0.25) is 0 Å². The molecule has 1 aromatic carbocycles. The number of hydrogen-bond donors (Lipinski definition) is 1. The molecule has 1 heterocycles. The van der Waals surface area contributed by atoms with Crippen molar-refractivity contribution in [1.29, 1.82) is 0 Å². The first-order chi connectivity index (χ1) is 8.20. The van der Waals surface area contributed by atoms with Crippen molar-refractivity contribution in [1.82, 2.24) is 0 Å². The number of thioether (sulfide) groups is 1. The molecule has 17 heavy (non-hydrogen) atoms. The van der Waals surface area contributed by atoms with Gasteiger partial charge in [0.25, 0.3) is 0 Å². The van der Waals surface area contributed by atoms with E-state index in [9.17, 15) is 0 Å². The number of halogens is 1. The van der Waals surface area contributed by atoms with Crippen LogP contribution in [0, 0.1) is 0 Å². The molecule has 0 amide bonds. The van der Waals surface area contributed by atoms with Crippen LogP contribution in [0.15, 0.2) is 28.7 Å². The zero-order chi connectivity index (χ0) is 12.3. The molecule has 0 bridgehead atoms. The van der Waals surface area contributed by atoms with Crippen LogP contribution in [0.4, 0.5) is 0 Å². The lowest BCUT2D eigenvalue weighted by molar-refractivity contribution is 0.0452. The van der Waals surface area contributed by atoms with Gasteiger partial charge in [-0.15, -0.1) is 11.8 Å². The Balaban J connectivity index is 2.13. The van der Waals surface area contributed by atoms with Crippen molar-refractivity contribution < 1.29 is 4.74 Å². The van der Waals surface area contributed by atoms with Gasteiger partial charge in [-0.2, -0.15) is 0 Å². The minimum absolute atomic E-state index is 0.204. The maximum absolute atomic E-state index is 6.25. The number of hydrogen-bond acceptors (Lipinski definition) is 3. The normalized spacial score (nSPS) is 19.7. The monoisotopic (exact) mass is 315 g/mol. The highest BCUT2D eigenvalue weighted by molar-refractivity contribution is 9.10. The smallest absolute Gasteiger partial charge is 0.0608 e. The van der Waals surface area contributed by atoms with Crippen LogP contribution >= 0.6 is 27.7 Å². The van der Waals surface area contributed by atoms with Gasteiger partial charge in [-0.05, 0) is 24.1 Å². The molecule has 1 aliphatic heterocycles. The lowest BCUT2D eigenvalue weighted by atomic mass is 10.0. The molecule has 1 fully saturated rings. The maximum Gasteiger partial charge on any atom is 0.0608 e. The van der Waals surface area contributed by atoms with Crippen LogP contribution in [-0.2, 0) is 4.74 Å². The predicted molar refractivity (Wildman–Crippen MR) is 77.3 cm³/mol. The molecule has 2 atom stereocenters. The number of rotatable bonds is 5. The third-order valence-corrected chi connectivity index (χ3v) is 5.05. The SMILES string of the molecule is CCC(N)C(SC1COC1)c1cccc(Br)c1. The second-order valence-electron chi connectivity index (χ2n) is 4.34. The Kier molecular flexibility index (Phi) is 4.91. The van der Waals surface area contributed by atoms with E-state index in [0.29, 0.717) is 10.5 Å². The van der Waals surface area contributed by atoms with Gasteiger partial charge in [0.1, 0.15) is 0 Å². The van der Waals surface area contributed by atoms with E-state index in [2.05, 4.69) is 47.1 Å². The molecule has 2 unspecified atom stereocenters. The van der Waals surface area contributed by atoms with E-state index < -0.39 is 0 Å². The van der Waals surface area contributed by atoms with Crippen molar-refractivity contribution in [3.05, 3.63) is 34.3 Å². The summed E-state index contributed by atoms with van der Waals surface area (Å²) in [6.07, 6.45) is 0.998. The zero-order valence-electron chi connectivity index (χ0n) is 9.93. The largest absolute Gasteiger partial charge is 0.379 e. The molecule has 94 valence electrons. The van der Waals surface area contributed by atoms with Crippen molar-refractivity contribution >= 4 is 27.7 Å². The zero-order valence-corrected chi connectivity index (χ0v) is 12.3. The molecular weight excluding hydrogens is 298 g/mol. The minimum atomic E-state index is 0.204. The van der Waals surface area contributed by atoms with E-state index in [1.807, 2.05) is 11.8 Å². The van der Waals surface area contributed by atoms with Crippen molar-refractivity contribution in [3.8, 4) is 0 Å². The van der Waals surface area contributed by atoms with Gasteiger partial charge in [-0.1, -0.05) is 35.0 Å². The Labute approximate surface area is 115 Å². The summed E-state index contributed by atoms with van der Waals surface area (Å²) < 4.78 is 6.36. The molecule has 0 aromatic heterocycles. The average molecular weight is 316 g/mol. The van der Waals surface area contributed by atoms with E-state index in [4.69, 9.17) is 10.5 Å². The summed E-state index contributed by atoms with van der Waals surface area (Å²) in [4.78, 5) is 0. The van der Waals surface area contributed by atoms with Crippen molar-refractivity contribution in [2.75, 3.05) is 13.2 Å². The predicted octanol–water partition coefficient (Wildman–Crippen LogP) is 3.36. The third-order valence-electron chi connectivity index (χ3n) is 2.98. The lowest BCUT2D eigenvalue weighted by Gasteiger charge is -2.32. The first-order valence-electron chi connectivity index (χ1n) is 5.95. The van der Waals surface area contributed by atoms with Crippen LogP contribution in [0.3, 0.4) is 0 Å². The van der Waals surface area contributed by atoms with Gasteiger partial charge in [0, 0.05) is 15.8 Å². The van der Waals surface area contributed by atoms with E-state index in [-0.39, 0.29) is 6.04 Å². The standard InChI is InChI=1S/C13H18BrNOS/c1-2-12(15)13(17-11-7-16-8-11)9-4-3-5-10(14)6-9/h3-6,11-13H,2,7-8,15H2,1H3. The molecule has 1 aliphatic rings. The molecular formula is C13H18BrNOS. The fourth-order valence-electron chi connectivity index (χ4n) is 1.82. The van der Waals surface area contributed by atoms with Crippen LogP contribution < -0.4 is 5.73 Å². The van der Waals surface area contributed by atoms with Crippen LogP contribution in [0.5, 0.6) is 0 Å².